The number of hydrogen-bond acceptors (Lipinski definition) is 5. The number of nitrogens with zero attached hydrogens (tertiary/aromatic N) is 3. The smallest absolute Gasteiger partial charge is 0.262 e. The van der Waals surface area contributed by atoms with Crippen LogP contribution in [0.25, 0.3) is 21.3 Å². The highest BCUT2D eigenvalue weighted by Crippen LogP contribution is 2.39. The minimum atomic E-state index is -0.0920. The van der Waals surface area contributed by atoms with Crippen LogP contribution in [0.5, 0.6) is 5.75 Å². The summed E-state index contributed by atoms with van der Waals surface area (Å²) >= 11 is 1.44. The molecule has 1 aromatic carbocycles. The first kappa shape index (κ1) is 21.1. The van der Waals surface area contributed by atoms with Gasteiger partial charge in [-0.05, 0) is 42.7 Å². The Morgan fingerprint density at radius 2 is 2.13 bits per heavy atom. The van der Waals surface area contributed by atoms with Crippen molar-refractivity contribution in [1.29, 1.82) is 0 Å². The first-order valence-electron chi connectivity index (χ1n) is 9.92. The summed E-state index contributed by atoms with van der Waals surface area (Å²) in [4.78, 5) is 19.5. The Morgan fingerprint density at radius 1 is 1.29 bits per heavy atom. The Hall–Kier alpha value is -3.19. The number of ether oxygens (including phenoxy) is 1. The third-order valence-corrected chi connectivity index (χ3v) is 6.48. The Labute approximate surface area is 185 Å². The Morgan fingerprint density at radius 3 is 2.90 bits per heavy atom. The molecule has 7 heteroatoms. The molecule has 5 rings (SSSR count). The van der Waals surface area contributed by atoms with Gasteiger partial charge in [0.25, 0.3) is 5.91 Å². The average molecular weight is 435 g/mol. The molecule has 0 aliphatic carbocycles. The minimum Gasteiger partial charge on any atom is -0.493 e. The number of carbonyl (C=O) groups is 1. The summed E-state index contributed by atoms with van der Waals surface area (Å²) in [5, 5.41) is 8.43. The molecule has 31 heavy (non-hydrogen) atoms. The Bertz CT molecular complexity index is 1290. The predicted molar refractivity (Wildman–Crippen MR) is 125 cm³/mol. The van der Waals surface area contributed by atoms with Crippen LogP contribution in [0.1, 0.15) is 39.5 Å². The molecule has 1 aliphatic rings. The fourth-order valence-corrected chi connectivity index (χ4v) is 5.27. The quantitative estimate of drug-likeness (QED) is 0.500. The first-order valence-corrected chi connectivity index (χ1v) is 10.7. The number of amides is 1. The number of hydrogen-bond donors (Lipinski definition) is 1. The van der Waals surface area contributed by atoms with E-state index in [9.17, 15) is 4.79 Å². The summed E-state index contributed by atoms with van der Waals surface area (Å²) in [6.07, 6.45) is 4.67. The molecule has 4 heterocycles. The Kier molecular flexibility index (Phi) is 5.54. The van der Waals surface area contributed by atoms with Crippen molar-refractivity contribution in [2.75, 3.05) is 6.61 Å². The van der Waals surface area contributed by atoms with Crippen molar-refractivity contribution in [2.45, 2.75) is 34.2 Å². The van der Waals surface area contributed by atoms with Crippen molar-refractivity contribution in [1.82, 2.24) is 20.1 Å². The second-order valence-electron chi connectivity index (χ2n) is 7.69. The molecule has 6 nitrogen and oxygen atoms in total. The monoisotopic (exact) mass is 434 g/mol. The van der Waals surface area contributed by atoms with Gasteiger partial charge in [0.2, 0.25) is 0 Å². The number of pyridine rings is 1. The van der Waals surface area contributed by atoms with Crippen molar-refractivity contribution in [3.63, 3.8) is 0 Å². The van der Waals surface area contributed by atoms with Crippen LogP contribution in [-0.2, 0) is 20.0 Å². The number of nitrogens with one attached hydrogen (secondary N) is 1. The van der Waals surface area contributed by atoms with E-state index in [1.807, 2.05) is 32.3 Å². The molecule has 0 saturated heterocycles. The van der Waals surface area contributed by atoms with Crippen molar-refractivity contribution < 1.29 is 9.53 Å². The Balaban J connectivity index is 0.00000231. The zero-order valence-corrected chi connectivity index (χ0v) is 18.0. The van der Waals surface area contributed by atoms with Gasteiger partial charge in [-0.25, -0.2) is 4.98 Å². The van der Waals surface area contributed by atoms with Crippen LogP contribution in [-0.4, -0.2) is 27.3 Å². The third-order valence-electron chi connectivity index (χ3n) is 5.39. The normalized spacial score (nSPS) is 12.4. The minimum absolute atomic E-state index is 0. The maximum Gasteiger partial charge on any atom is 0.262 e. The number of rotatable bonds is 4. The van der Waals surface area contributed by atoms with Gasteiger partial charge in [-0.15, -0.1) is 11.3 Å². The second kappa shape index (κ2) is 8.15. The largest absolute Gasteiger partial charge is 0.493 e. The second-order valence-corrected chi connectivity index (χ2v) is 8.69. The van der Waals surface area contributed by atoms with Gasteiger partial charge in [0.15, 0.2) is 0 Å². The zero-order valence-electron chi connectivity index (χ0n) is 17.2. The molecule has 0 fully saturated rings. The van der Waals surface area contributed by atoms with Gasteiger partial charge in [-0.1, -0.05) is 19.6 Å². The van der Waals surface area contributed by atoms with Crippen LogP contribution < -0.4 is 10.1 Å². The molecular weight excluding hydrogens is 408 g/mol. The molecule has 160 valence electrons. The van der Waals surface area contributed by atoms with Gasteiger partial charge in [0.05, 0.1) is 12.8 Å². The van der Waals surface area contributed by atoms with E-state index in [1.54, 1.807) is 10.9 Å². The molecule has 0 unspecified atom stereocenters. The molecular formula is C24H26N4O2S. The number of carbonyl (C=O) groups excluding carboxylic acids is 1. The lowest BCUT2D eigenvalue weighted by Gasteiger charge is -2.08. The van der Waals surface area contributed by atoms with Gasteiger partial charge in [-0.2, -0.15) is 5.10 Å². The van der Waals surface area contributed by atoms with Gasteiger partial charge < -0.3 is 10.1 Å². The molecule has 1 N–H and O–H groups in total. The molecule has 0 atom stereocenters. The van der Waals surface area contributed by atoms with Crippen LogP contribution in [0.2, 0.25) is 0 Å². The topological polar surface area (TPSA) is 69.0 Å². The summed E-state index contributed by atoms with van der Waals surface area (Å²) < 4.78 is 7.32. The molecule has 0 radical (unpaired) electrons. The summed E-state index contributed by atoms with van der Waals surface area (Å²) in [6.45, 7) is 5.25. The van der Waals surface area contributed by atoms with Crippen LogP contribution in [0.15, 0.2) is 36.7 Å². The van der Waals surface area contributed by atoms with Crippen molar-refractivity contribution in [3.8, 4) is 16.9 Å². The van der Waals surface area contributed by atoms with Crippen LogP contribution in [0.3, 0.4) is 0 Å². The molecule has 1 aliphatic heterocycles. The molecule has 0 saturated carbocycles. The number of benzene rings is 1. The van der Waals surface area contributed by atoms with Gasteiger partial charge in [0, 0.05) is 48.4 Å². The van der Waals surface area contributed by atoms with E-state index >= 15 is 0 Å². The fraction of sp³-hybridized carbons (Fsp3) is 0.292. The number of aromatic nitrogens is 3. The van der Waals surface area contributed by atoms with Gasteiger partial charge in [-0.3, -0.25) is 9.48 Å². The van der Waals surface area contributed by atoms with Gasteiger partial charge >= 0.3 is 0 Å². The van der Waals surface area contributed by atoms with E-state index in [4.69, 9.17) is 4.74 Å². The standard InChI is InChI=1S/C23H22N4O2S.CH4/c1-13-8-14(2)26-23-19(13)20(17-11-25-27(3)12-17)21(30-23)22(28)24-10-15-4-5-18-16(9-15)6-7-29-18;/h4-5,8-9,11-12H,6-7,10H2,1-3H3,(H,24,28);1H4. The molecule has 4 aromatic rings. The lowest BCUT2D eigenvalue weighted by molar-refractivity contribution is 0.0955. The van der Waals surface area contributed by atoms with Gasteiger partial charge in [0.1, 0.15) is 15.5 Å². The highest BCUT2D eigenvalue weighted by Gasteiger charge is 2.23. The highest BCUT2D eigenvalue weighted by molar-refractivity contribution is 7.21. The lowest BCUT2D eigenvalue weighted by atomic mass is 10.0. The third kappa shape index (κ3) is 3.81. The summed E-state index contributed by atoms with van der Waals surface area (Å²) in [7, 11) is 1.88. The lowest BCUT2D eigenvalue weighted by Crippen LogP contribution is -2.22. The van der Waals surface area contributed by atoms with E-state index in [0.29, 0.717) is 11.4 Å². The first-order chi connectivity index (χ1) is 14.5. The van der Waals surface area contributed by atoms with E-state index in [2.05, 4.69) is 34.5 Å². The van der Waals surface area contributed by atoms with E-state index in [1.165, 1.54) is 16.9 Å². The zero-order chi connectivity index (χ0) is 20.8. The van der Waals surface area contributed by atoms with E-state index in [-0.39, 0.29) is 13.3 Å². The van der Waals surface area contributed by atoms with Crippen LogP contribution in [0, 0.1) is 13.8 Å². The van der Waals surface area contributed by atoms with Crippen molar-refractivity contribution in [3.05, 3.63) is 63.9 Å². The summed E-state index contributed by atoms with van der Waals surface area (Å²) in [5.41, 5.74) is 6.18. The molecule has 3 aromatic heterocycles. The number of fused-ring (bicyclic) bond motifs is 2. The molecule has 0 bridgehead atoms. The maximum atomic E-state index is 13.2. The van der Waals surface area contributed by atoms with E-state index in [0.717, 1.165) is 56.9 Å². The van der Waals surface area contributed by atoms with E-state index < -0.39 is 0 Å². The summed E-state index contributed by atoms with van der Waals surface area (Å²) in [5.74, 6) is 0.857. The highest BCUT2D eigenvalue weighted by atomic mass is 32.1. The van der Waals surface area contributed by atoms with Crippen LogP contribution in [0.4, 0.5) is 0 Å². The summed E-state index contributed by atoms with van der Waals surface area (Å²) in [6, 6.07) is 8.17. The SMILES string of the molecule is C.Cc1cc(C)c2c(-c3cnn(C)c3)c(C(=O)NCc3ccc4c(c3)CCO4)sc2n1. The average Bonchev–Trinajstić information content (AvgIpc) is 3.43. The molecule has 0 spiro atoms. The number of thiophene rings is 1. The van der Waals surface area contributed by atoms with Crippen LogP contribution >= 0.6 is 11.3 Å². The fourth-order valence-electron chi connectivity index (χ4n) is 4.04. The maximum absolute atomic E-state index is 13.2. The number of aryl methyl sites for hydroxylation is 3. The predicted octanol–water partition coefficient (Wildman–Crippen LogP) is 4.81. The molecule has 1 amide bonds. The van der Waals surface area contributed by atoms with Crippen molar-refractivity contribution in [2.24, 2.45) is 7.05 Å². The van der Waals surface area contributed by atoms with Crippen molar-refractivity contribution >= 4 is 27.5 Å².